The number of hydrogen-bond acceptors (Lipinski definition) is 3. The number of benzene rings is 2. The van der Waals surface area contributed by atoms with Crippen LogP contribution in [0.1, 0.15) is 110 Å². The third-order valence-electron chi connectivity index (χ3n) is 7.03. The summed E-state index contributed by atoms with van der Waals surface area (Å²) in [6, 6.07) is 15.5. The van der Waals surface area contributed by atoms with Gasteiger partial charge in [0, 0.05) is 6.08 Å². The van der Waals surface area contributed by atoms with E-state index in [2.05, 4.69) is 119 Å². The van der Waals surface area contributed by atoms with Crippen molar-refractivity contribution in [2.75, 3.05) is 0 Å². The summed E-state index contributed by atoms with van der Waals surface area (Å²) >= 11 is 0. The molecular weight excluding hydrogens is 541 g/mol. The Hall–Kier alpha value is -2.26. The van der Waals surface area contributed by atoms with Crippen LogP contribution in [0.3, 0.4) is 0 Å². The summed E-state index contributed by atoms with van der Waals surface area (Å²) in [5.41, 5.74) is 6.49. The molecule has 2 rings (SSSR count). The van der Waals surface area contributed by atoms with Crippen LogP contribution >= 0.6 is 0 Å². The van der Waals surface area contributed by atoms with E-state index >= 15 is 0 Å². The lowest BCUT2D eigenvalue weighted by molar-refractivity contribution is -0.131. The lowest BCUT2D eigenvalue weighted by Gasteiger charge is -2.38. The molecule has 0 radical (unpaired) electrons. The van der Waals surface area contributed by atoms with Crippen LogP contribution in [0.2, 0.25) is 10.1 Å². The van der Waals surface area contributed by atoms with Gasteiger partial charge in [0.05, 0.1) is 11.2 Å². The van der Waals surface area contributed by atoms with E-state index in [0.29, 0.717) is 0 Å². The van der Waals surface area contributed by atoms with Crippen LogP contribution in [0.4, 0.5) is 0 Å². The van der Waals surface area contributed by atoms with Crippen molar-refractivity contribution in [2.24, 2.45) is 0 Å². The number of aliphatic carboxylic acids is 1. The summed E-state index contributed by atoms with van der Waals surface area (Å²) in [4.78, 5) is 10.9. The van der Waals surface area contributed by atoms with Crippen LogP contribution in [0, 0.1) is 0 Å². The smallest absolute Gasteiger partial charge is 0.328 e. The predicted octanol–water partition coefficient (Wildman–Crippen LogP) is 8.01. The van der Waals surface area contributed by atoms with Gasteiger partial charge in [-0.15, -0.1) is 0 Å². The number of carboxylic acids is 1. The molecule has 2 aromatic carbocycles. The maximum Gasteiger partial charge on any atom is 0.328 e. The molecule has 4 nitrogen and oxygen atoms in total. The second-order valence-electron chi connectivity index (χ2n) is 14.5. The van der Waals surface area contributed by atoms with E-state index in [4.69, 9.17) is 14.0 Å². The van der Waals surface area contributed by atoms with Gasteiger partial charge in [-0.3, -0.25) is 0 Å². The number of carboxylic acid groups (broad SMARTS) is 1. The zero-order chi connectivity index (χ0) is 31.1. The maximum atomic E-state index is 10.9. The number of carbonyl (C=O) groups is 1. The van der Waals surface area contributed by atoms with Crippen molar-refractivity contribution in [3.63, 3.8) is 0 Å². The molecule has 0 atom stereocenters. The molecule has 0 saturated carbocycles. The highest BCUT2D eigenvalue weighted by atomic mass is 28.2. The monoisotopic (exact) mass is 594 g/mol. The third kappa shape index (κ3) is 11.9. The highest BCUT2D eigenvalue weighted by Crippen LogP contribution is 2.39. The summed E-state index contributed by atoms with van der Waals surface area (Å²) in [6.07, 6.45) is 7.36. The molecule has 0 unspecified atom stereocenters. The summed E-state index contributed by atoms with van der Waals surface area (Å²) in [7, 11) is -1.50. The van der Waals surface area contributed by atoms with Crippen molar-refractivity contribution in [3.05, 3.63) is 88.5 Å². The first-order chi connectivity index (χ1) is 18.8. The summed E-state index contributed by atoms with van der Waals surface area (Å²) < 4.78 is 13.4. The zero-order valence-corrected chi connectivity index (χ0v) is 30.3. The second-order valence-corrected chi connectivity index (χ2v) is 19.9. The van der Waals surface area contributed by atoms with Crippen molar-refractivity contribution in [3.8, 4) is 0 Å². The normalized spacial score (nSPS) is 14.3. The molecule has 1 N–H and O–H groups in total. The van der Waals surface area contributed by atoms with E-state index < -0.39 is 31.1 Å². The molecule has 0 aliphatic carbocycles. The number of aryl methyl sites for hydroxylation is 2. The minimum absolute atomic E-state index is 0.209. The van der Waals surface area contributed by atoms with Crippen LogP contribution in [0.5, 0.6) is 0 Å². The number of hydrogen-bond donors (Lipinski definition) is 1. The van der Waals surface area contributed by atoms with Crippen molar-refractivity contribution >= 4 is 31.1 Å². The van der Waals surface area contributed by atoms with Gasteiger partial charge in [0.1, 0.15) is 0 Å². The number of rotatable bonds is 13. The summed E-state index contributed by atoms with van der Waals surface area (Å²) in [5, 5.41) is 9.35. The first kappa shape index (κ1) is 34.9. The molecule has 0 aliphatic heterocycles. The maximum absolute atomic E-state index is 10.9. The molecular formula is C35H54O4Si2. The van der Waals surface area contributed by atoms with Gasteiger partial charge in [-0.25, -0.2) is 4.79 Å². The van der Waals surface area contributed by atoms with Gasteiger partial charge in [-0.05, 0) is 90.4 Å². The quantitative estimate of drug-likeness (QED) is 0.145. The first-order valence-corrected chi connectivity index (χ1v) is 17.5. The van der Waals surface area contributed by atoms with Crippen LogP contribution in [-0.2, 0) is 37.7 Å². The van der Waals surface area contributed by atoms with Gasteiger partial charge in [-0.1, -0.05) is 103 Å². The summed E-state index contributed by atoms with van der Waals surface area (Å²) in [5.74, 6) is -0.934. The van der Waals surface area contributed by atoms with Gasteiger partial charge >= 0.3 is 5.97 Å². The van der Waals surface area contributed by atoms with Gasteiger partial charge < -0.3 is 14.0 Å². The predicted molar refractivity (Wildman–Crippen MR) is 180 cm³/mol. The Morgan fingerprint density at radius 1 is 0.780 bits per heavy atom. The highest BCUT2D eigenvalue weighted by molar-refractivity contribution is 6.32. The minimum atomic E-state index is -0.934. The molecule has 0 aliphatic rings. The molecule has 2 aromatic rings. The average molecular weight is 595 g/mol. The van der Waals surface area contributed by atoms with E-state index in [9.17, 15) is 4.79 Å². The van der Waals surface area contributed by atoms with Crippen molar-refractivity contribution in [2.45, 2.75) is 117 Å². The topological polar surface area (TPSA) is 55.8 Å². The Morgan fingerprint density at radius 2 is 1.32 bits per heavy atom. The fraction of sp³-hybridized carbons (Fsp3) is 0.514. The lowest BCUT2D eigenvalue weighted by Crippen LogP contribution is -2.34. The highest BCUT2D eigenvalue weighted by Gasteiger charge is 2.33. The Morgan fingerprint density at radius 3 is 1.83 bits per heavy atom. The average Bonchev–Trinajstić information content (AvgIpc) is 2.87. The van der Waals surface area contributed by atoms with Crippen LogP contribution in [0.15, 0.2) is 60.7 Å². The van der Waals surface area contributed by atoms with E-state index in [0.717, 1.165) is 30.4 Å². The Balaban J connectivity index is 2.39. The fourth-order valence-corrected chi connectivity index (χ4v) is 6.50. The molecule has 0 fully saturated rings. The molecule has 0 bridgehead atoms. The van der Waals surface area contributed by atoms with E-state index in [-0.39, 0.29) is 15.7 Å². The van der Waals surface area contributed by atoms with Crippen molar-refractivity contribution in [1.82, 2.24) is 0 Å². The molecule has 0 amide bonds. The first-order valence-electron chi connectivity index (χ1n) is 14.9. The van der Waals surface area contributed by atoms with E-state index in [1.807, 2.05) is 6.08 Å². The third-order valence-corrected chi connectivity index (χ3v) is 10.5. The van der Waals surface area contributed by atoms with Crippen LogP contribution in [-0.4, -0.2) is 30.6 Å². The number of allylic oxidation sites excluding steroid dienone is 3. The van der Waals surface area contributed by atoms with Crippen molar-refractivity contribution < 1.29 is 18.8 Å². The molecule has 6 heteroatoms. The van der Waals surface area contributed by atoms with E-state index in [1.165, 1.54) is 28.3 Å². The molecule has 0 saturated heterocycles. The van der Waals surface area contributed by atoms with Crippen LogP contribution in [0.25, 0.3) is 5.57 Å². The van der Waals surface area contributed by atoms with E-state index in [1.54, 1.807) is 6.08 Å². The van der Waals surface area contributed by atoms with Gasteiger partial charge in [0.15, 0.2) is 19.5 Å². The van der Waals surface area contributed by atoms with Gasteiger partial charge in [0.2, 0.25) is 0 Å². The molecule has 41 heavy (non-hydrogen) atoms. The fourth-order valence-electron chi connectivity index (χ4n) is 4.60. The zero-order valence-electron chi connectivity index (χ0n) is 27.5. The standard InChI is InChI=1S/C35H54O4Si2/c1-12-27(16-14-18-31(36)37)28-17-13-15-25(23-28)19-20-26-21-22-29(34(8,9)38-40-32(2,3)4)30(24-26)35(10,11)39-41-33(5,6)7/h13-18,21-24H,12,19-20,40-41H2,1-11H3,(H,36,37)/b18-14+,27-16+. The van der Waals surface area contributed by atoms with Crippen LogP contribution < -0.4 is 0 Å². The van der Waals surface area contributed by atoms with Gasteiger partial charge in [0.25, 0.3) is 0 Å². The Kier molecular flexibility index (Phi) is 12.2. The molecule has 0 spiro atoms. The SMILES string of the molecule is CC/C(=C\C=C\C(=O)O)c1cccc(CCc2ccc(C(C)(C)O[SiH2]C(C)(C)C)c(C(C)(C)O[SiH2]C(C)(C)C)c2)c1. The molecule has 0 aromatic heterocycles. The summed E-state index contributed by atoms with van der Waals surface area (Å²) in [6.45, 7) is 24.5. The molecule has 0 heterocycles. The van der Waals surface area contributed by atoms with Gasteiger partial charge in [-0.2, -0.15) is 0 Å². The molecule has 226 valence electrons. The second kappa shape index (κ2) is 14.3. The Labute approximate surface area is 254 Å². The largest absolute Gasteiger partial charge is 0.478 e. The lowest BCUT2D eigenvalue weighted by atomic mass is 9.84. The minimum Gasteiger partial charge on any atom is -0.478 e. The Bertz CT molecular complexity index is 1230. The van der Waals surface area contributed by atoms with Crippen molar-refractivity contribution in [1.29, 1.82) is 0 Å².